The second-order valence-corrected chi connectivity index (χ2v) is 16.6. The van der Waals surface area contributed by atoms with E-state index in [-0.39, 0.29) is 24.9 Å². The van der Waals surface area contributed by atoms with Crippen molar-refractivity contribution in [1.82, 2.24) is 14.2 Å². The Bertz CT molecular complexity index is 2200. The predicted molar refractivity (Wildman–Crippen MR) is 221 cm³/mol. The molecule has 2 N–H and O–H groups in total. The van der Waals surface area contributed by atoms with Gasteiger partial charge in [0, 0.05) is 49.8 Å². The first kappa shape index (κ1) is 42.4. The minimum absolute atomic E-state index is 0.0191. The van der Waals surface area contributed by atoms with Gasteiger partial charge in [0.1, 0.15) is 41.7 Å². The maximum Gasteiger partial charge on any atom is 0.345 e. The average Bonchev–Trinajstić information content (AvgIpc) is 3.64. The lowest BCUT2D eigenvalue weighted by atomic mass is 9.80. The first-order valence-electron chi connectivity index (χ1n) is 19.2. The summed E-state index contributed by atoms with van der Waals surface area (Å²) >= 11 is 0. The van der Waals surface area contributed by atoms with Crippen LogP contribution in [-0.4, -0.2) is 76.3 Å². The van der Waals surface area contributed by atoms with E-state index >= 15 is 0 Å². The van der Waals surface area contributed by atoms with Gasteiger partial charge in [0.25, 0.3) is 11.2 Å². The van der Waals surface area contributed by atoms with Crippen molar-refractivity contribution in [3.8, 4) is 11.5 Å². The monoisotopic (exact) mass is 813 g/mol. The normalized spacial score (nSPS) is 17.9. The van der Waals surface area contributed by atoms with Gasteiger partial charge >= 0.3 is 13.6 Å². The number of aryl methyl sites for hydroxylation is 2. The highest BCUT2D eigenvalue weighted by Crippen LogP contribution is 2.61. The molecule has 0 amide bonds. The summed E-state index contributed by atoms with van der Waals surface area (Å²) in [6.45, 7) is 6.43. The predicted octanol–water partition coefficient (Wildman–Crippen LogP) is 6.79. The zero-order chi connectivity index (χ0) is 41.5. The Morgan fingerprint density at radius 1 is 0.897 bits per heavy atom. The van der Waals surface area contributed by atoms with Crippen molar-refractivity contribution in [2.45, 2.75) is 57.6 Å². The number of ether oxygens (including phenoxy) is 4. The van der Waals surface area contributed by atoms with Crippen LogP contribution in [0, 0.1) is 17.0 Å². The molecule has 4 atom stereocenters. The molecule has 306 valence electrons. The number of non-ortho nitro benzene ring substituents is 1. The van der Waals surface area contributed by atoms with Gasteiger partial charge in [0.05, 0.1) is 25.7 Å². The molecule has 14 nitrogen and oxygen atoms in total. The van der Waals surface area contributed by atoms with Gasteiger partial charge in [-0.1, -0.05) is 66.7 Å². The van der Waals surface area contributed by atoms with Crippen LogP contribution in [0.5, 0.6) is 11.5 Å². The lowest BCUT2D eigenvalue weighted by molar-refractivity contribution is -0.384. The Morgan fingerprint density at radius 3 is 2.00 bits per heavy atom. The lowest BCUT2D eigenvalue weighted by Crippen LogP contribution is -2.39. The molecule has 0 radical (unpaired) electrons. The van der Waals surface area contributed by atoms with E-state index in [1.165, 1.54) is 22.9 Å². The molecule has 58 heavy (non-hydrogen) atoms. The van der Waals surface area contributed by atoms with Crippen LogP contribution in [0.2, 0.25) is 0 Å². The first-order valence-corrected chi connectivity index (χ1v) is 21.0. The summed E-state index contributed by atoms with van der Waals surface area (Å²) in [5, 5.41) is 11.3. The number of rotatable bonds is 18. The summed E-state index contributed by atoms with van der Waals surface area (Å²) in [5.41, 5.74) is 1.24. The van der Waals surface area contributed by atoms with E-state index in [2.05, 4.69) is 4.98 Å². The van der Waals surface area contributed by atoms with Gasteiger partial charge in [-0.25, -0.2) is 9.69 Å². The number of nitrogens with zero attached hydrogens (tertiary/aromatic N) is 3. The Labute approximate surface area is 337 Å². The van der Waals surface area contributed by atoms with Crippen molar-refractivity contribution in [3.05, 3.63) is 168 Å². The van der Waals surface area contributed by atoms with Crippen LogP contribution in [0.4, 0.5) is 5.69 Å². The van der Waals surface area contributed by atoms with E-state index in [1.807, 2.05) is 97.4 Å². The molecule has 1 aliphatic heterocycles. The number of nitro groups is 1. The van der Waals surface area contributed by atoms with E-state index < -0.39 is 48.1 Å². The van der Waals surface area contributed by atoms with Crippen LogP contribution in [0.1, 0.15) is 54.3 Å². The largest absolute Gasteiger partial charge is 0.497 e. The van der Waals surface area contributed by atoms with Crippen molar-refractivity contribution in [2.24, 2.45) is 0 Å². The summed E-state index contributed by atoms with van der Waals surface area (Å²) in [5.74, 6) is 1.34. The summed E-state index contributed by atoms with van der Waals surface area (Å²) in [7, 11) is -0.160. The van der Waals surface area contributed by atoms with Gasteiger partial charge in [0.2, 0.25) is 0 Å². The van der Waals surface area contributed by atoms with Crippen molar-refractivity contribution < 1.29 is 33.3 Å². The highest BCUT2D eigenvalue weighted by molar-refractivity contribution is 7.63. The second kappa shape index (κ2) is 18.6. The lowest BCUT2D eigenvalue weighted by Gasteiger charge is -2.37. The summed E-state index contributed by atoms with van der Waals surface area (Å²) < 4.78 is 35.1. The van der Waals surface area contributed by atoms with Crippen molar-refractivity contribution in [1.29, 1.82) is 0 Å². The zero-order valence-electron chi connectivity index (χ0n) is 33.3. The summed E-state index contributed by atoms with van der Waals surface area (Å²) in [4.78, 5) is 51.4. The summed E-state index contributed by atoms with van der Waals surface area (Å²) in [6.07, 6.45) is -0.217. The number of hydrogen-bond donors (Lipinski definition) is 2. The maximum absolute atomic E-state index is 13.2. The SMILES string of the molecule is CCN(CC)[P+](O)(CCc1ccc([N+](=O)[O-])cc1)O[C@H]1C[C@H](n2cc(C)c(=O)[nH]c2=O)O[C@@H]1COC(c1ccccc1)(c1ccc(OC)cc1)c1ccc(OC)cc1. The van der Waals surface area contributed by atoms with Crippen molar-refractivity contribution in [2.75, 3.05) is 40.1 Å². The van der Waals surface area contributed by atoms with Gasteiger partial charge in [0.15, 0.2) is 0 Å². The number of nitro benzene ring substituents is 1. The quantitative estimate of drug-likeness (QED) is 0.0414. The van der Waals surface area contributed by atoms with Gasteiger partial charge < -0.3 is 18.9 Å². The zero-order valence-corrected chi connectivity index (χ0v) is 34.2. The molecule has 2 heterocycles. The fourth-order valence-corrected chi connectivity index (χ4v) is 10.0. The number of benzene rings is 4. The van der Waals surface area contributed by atoms with Gasteiger partial charge in [-0.05, 0) is 67.3 Å². The van der Waals surface area contributed by atoms with Gasteiger partial charge in [-0.3, -0.25) is 24.5 Å². The van der Waals surface area contributed by atoms with Crippen LogP contribution < -0.4 is 20.7 Å². The third kappa shape index (κ3) is 9.07. The fourth-order valence-electron chi connectivity index (χ4n) is 7.42. The summed E-state index contributed by atoms with van der Waals surface area (Å²) in [6, 6.07) is 31.4. The standard InChI is InChI=1S/C43H49N4O10P/c1-6-45(7-2)58(52,26-25-31-13-19-35(20-14-31)47(50)51)57-38-27-40(46-28-30(3)41(48)44-42(46)49)56-39(38)29-55-43(32-11-9-8-10-12-32,33-15-21-36(53-4)22-16-33)34-17-23-37(54-5)24-18-34/h8-24,28,38-40,52H,6-7,25-27,29H2,1-5H3/p+1/t38-,39+,40+,58?/m0/s1. The van der Waals surface area contributed by atoms with Crippen LogP contribution in [0.25, 0.3) is 0 Å². The molecule has 0 bridgehead atoms. The molecule has 1 fully saturated rings. The number of H-pyrrole nitrogens is 1. The molecule has 0 spiro atoms. The number of nitrogens with one attached hydrogen (secondary N) is 1. The molecular formula is C43H50N4O10P+. The third-order valence-electron chi connectivity index (χ3n) is 10.6. The number of methoxy groups -OCH3 is 2. The Morgan fingerprint density at radius 2 is 1.47 bits per heavy atom. The fraction of sp³-hybridized carbons (Fsp3) is 0.349. The molecule has 1 saturated heterocycles. The average molecular weight is 814 g/mol. The molecular weight excluding hydrogens is 763 g/mol. The van der Waals surface area contributed by atoms with Crippen LogP contribution in [0.15, 0.2) is 119 Å². The van der Waals surface area contributed by atoms with E-state index in [0.717, 1.165) is 22.3 Å². The van der Waals surface area contributed by atoms with Gasteiger partial charge in [-0.2, -0.15) is 4.52 Å². The molecule has 1 unspecified atom stereocenters. The van der Waals surface area contributed by atoms with Crippen molar-refractivity contribution in [3.63, 3.8) is 0 Å². The minimum atomic E-state index is -3.38. The first-order chi connectivity index (χ1) is 27.9. The molecule has 0 saturated carbocycles. The Balaban J connectivity index is 1.41. The van der Waals surface area contributed by atoms with Crippen LogP contribution in [-0.2, 0) is 26.0 Å². The maximum atomic E-state index is 13.2. The number of aromatic nitrogens is 2. The molecule has 4 aromatic carbocycles. The van der Waals surface area contributed by atoms with E-state index in [0.29, 0.717) is 36.6 Å². The second-order valence-electron chi connectivity index (χ2n) is 14.0. The molecule has 6 rings (SSSR count). The van der Waals surface area contributed by atoms with E-state index in [4.69, 9.17) is 23.5 Å². The molecule has 1 aliphatic rings. The third-order valence-corrected chi connectivity index (χ3v) is 13.5. The highest BCUT2D eigenvalue weighted by atomic mass is 31.2. The van der Waals surface area contributed by atoms with Crippen LogP contribution >= 0.6 is 7.87 Å². The van der Waals surface area contributed by atoms with E-state index in [9.17, 15) is 24.6 Å². The molecule has 5 aromatic rings. The molecule has 1 aromatic heterocycles. The smallest absolute Gasteiger partial charge is 0.345 e. The number of hydrogen-bond acceptors (Lipinski definition) is 11. The van der Waals surface area contributed by atoms with Gasteiger partial charge in [-0.15, -0.1) is 4.67 Å². The Kier molecular flexibility index (Phi) is 13.6. The van der Waals surface area contributed by atoms with Crippen LogP contribution in [0.3, 0.4) is 0 Å². The molecule has 15 heteroatoms. The topological polar surface area (TPSA) is 168 Å². The Hall–Kier alpha value is -5.21. The minimum Gasteiger partial charge on any atom is -0.497 e. The van der Waals surface area contributed by atoms with Crippen molar-refractivity contribution >= 4 is 13.6 Å². The number of aromatic amines is 1. The highest BCUT2D eigenvalue weighted by Gasteiger charge is 2.52. The van der Waals surface area contributed by atoms with E-state index in [1.54, 1.807) is 33.3 Å². The molecule has 0 aliphatic carbocycles.